The van der Waals surface area contributed by atoms with E-state index in [2.05, 4.69) is 11.8 Å². The van der Waals surface area contributed by atoms with Gasteiger partial charge < -0.3 is 14.6 Å². The third-order valence-corrected chi connectivity index (χ3v) is 0.220. The molecule has 3 heteroatoms. The summed E-state index contributed by atoms with van der Waals surface area (Å²) in [5.41, 5.74) is 0. The van der Waals surface area contributed by atoms with E-state index in [1.165, 1.54) is 0 Å². The van der Waals surface area contributed by atoms with Crippen molar-refractivity contribution in [3.05, 3.63) is 7.11 Å². The first-order valence-electron chi connectivity index (χ1n) is 1.34. The Morgan fingerprint density at radius 2 is 2.50 bits per heavy atom. The lowest BCUT2D eigenvalue weighted by molar-refractivity contribution is -0.308. The van der Waals surface area contributed by atoms with Crippen LogP contribution >= 0.6 is 0 Å². The molecule has 0 bridgehead atoms. The molecule has 0 fully saturated rings. The highest BCUT2D eigenvalue weighted by molar-refractivity contribution is 5.65. The predicted octanol–water partition coefficient (Wildman–Crippen LogP) is -1.46. The van der Waals surface area contributed by atoms with Crippen LogP contribution in [0.3, 0.4) is 0 Å². The number of carboxylic acid groups (broad SMARTS) is 1. The van der Waals surface area contributed by atoms with Crippen molar-refractivity contribution in [3.63, 3.8) is 0 Å². The van der Waals surface area contributed by atoms with E-state index >= 15 is 0 Å². The highest BCUT2D eigenvalue weighted by Crippen LogP contribution is 1.60. The molecule has 0 heterocycles. The van der Waals surface area contributed by atoms with Crippen LogP contribution in [-0.2, 0) is 9.53 Å². The van der Waals surface area contributed by atoms with E-state index < -0.39 is 12.6 Å². The normalized spacial score (nSPS) is 8.17. The van der Waals surface area contributed by atoms with Gasteiger partial charge in [-0.25, -0.2) is 7.11 Å². The van der Waals surface area contributed by atoms with Crippen LogP contribution < -0.4 is 5.11 Å². The van der Waals surface area contributed by atoms with Crippen LogP contribution in [0.5, 0.6) is 0 Å². The van der Waals surface area contributed by atoms with Crippen molar-refractivity contribution in [2.45, 2.75) is 0 Å². The zero-order valence-corrected chi connectivity index (χ0v) is 3.14. The molecule has 36 valence electrons. The summed E-state index contributed by atoms with van der Waals surface area (Å²) in [5, 5.41) is 9.32. The van der Waals surface area contributed by atoms with Crippen molar-refractivity contribution < 1.29 is 14.6 Å². The van der Waals surface area contributed by atoms with Gasteiger partial charge in [-0.3, -0.25) is 0 Å². The number of carbonyl (C=O) groups excluding carboxylic acids is 1. The smallest absolute Gasteiger partial charge is 0.0642 e. The zero-order chi connectivity index (χ0) is 4.99. The number of carbonyl (C=O) groups is 1. The van der Waals surface area contributed by atoms with E-state index in [0.717, 1.165) is 0 Å². The molecule has 0 N–H and O–H groups in total. The summed E-state index contributed by atoms with van der Waals surface area (Å²) < 4.78 is 3.89. The van der Waals surface area contributed by atoms with Gasteiger partial charge in [0.2, 0.25) is 0 Å². The minimum absolute atomic E-state index is 0.431. The summed E-state index contributed by atoms with van der Waals surface area (Å²) in [5.74, 6) is -1.25. The second-order valence-electron chi connectivity index (χ2n) is 0.720. The Morgan fingerprint density at radius 3 is 2.50 bits per heavy atom. The molecule has 3 nitrogen and oxygen atoms in total. The predicted molar refractivity (Wildman–Crippen MR) is 16.3 cm³/mol. The van der Waals surface area contributed by atoms with Crippen molar-refractivity contribution in [3.8, 4) is 0 Å². The highest BCUT2D eigenvalue weighted by Gasteiger charge is 1.69. The van der Waals surface area contributed by atoms with Crippen molar-refractivity contribution in [2.24, 2.45) is 0 Å². The summed E-state index contributed by atoms with van der Waals surface area (Å²) >= 11 is 0. The maximum absolute atomic E-state index is 9.32. The fourth-order valence-electron chi connectivity index (χ4n) is 0.0833. The Balaban J connectivity index is 2.83. The molecule has 0 spiro atoms. The minimum Gasteiger partial charge on any atom is -0.551 e. The van der Waals surface area contributed by atoms with Crippen LogP contribution in [-0.4, -0.2) is 12.6 Å². The van der Waals surface area contributed by atoms with Gasteiger partial charge in [-0.15, -0.1) is 0 Å². The molecule has 0 aliphatic rings. The molecule has 0 saturated carbocycles. The Kier molecular flexibility index (Phi) is 2.40. The molecule has 0 radical (unpaired) electrons. The summed E-state index contributed by atoms with van der Waals surface area (Å²) in [6, 6.07) is 0. The van der Waals surface area contributed by atoms with E-state index in [1.807, 2.05) is 0 Å². The Bertz CT molecular complexity index is 50.0. The van der Waals surface area contributed by atoms with E-state index in [9.17, 15) is 9.90 Å². The molecular weight excluding hydrogens is 84.0 g/mol. The van der Waals surface area contributed by atoms with E-state index in [1.54, 1.807) is 0 Å². The monoisotopic (exact) mass is 88.0 g/mol. The average molecular weight is 88.1 g/mol. The molecule has 0 aliphatic heterocycles. The summed E-state index contributed by atoms with van der Waals surface area (Å²) in [6.45, 7) is -0.431. The van der Waals surface area contributed by atoms with Gasteiger partial charge in [0.05, 0.1) is 12.6 Å². The van der Waals surface area contributed by atoms with E-state index in [0.29, 0.717) is 0 Å². The molecule has 0 atom stereocenters. The van der Waals surface area contributed by atoms with Crippen LogP contribution in [0.2, 0.25) is 0 Å². The zero-order valence-electron chi connectivity index (χ0n) is 3.14. The number of ether oxygens (including phenoxy) is 1. The van der Waals surface area contributed by atoms with Gasteiger partial charge in [-0.05, 0) is 0 Å². The molecular formula is C3H4O3-2. The first-order chi connectivity index (χ1) is 2.77. The number of hydrogen-bond donors (Lipinski definition) is 0. The quantitative estimate of drug-likeness (QED) is 0.388. The Hall–Kier alpha value is -0.570. The van der Waals surface area contributed by atoms with E-state index in [-0.39, 0.29) is 0 Å². The van der Waals surface area contributed by atoms with Gasteiger partial charge in [-0.1, -0.05) is 0 Å². The summed E-state index contributed by atoms with van der Waals surface area (Å²) in [7, 11) is 2.80. The molecule has 0 aromatic rings. The molecule has 6 heavy (non-hydrogen) atoms. The van der Waals surface area contributed by atoms with Crippen molar-refractivity contribution in [1.82, 2.24) is 0 Å². The molecule has 0 rings (SSSR count). The lowest BCUT2D eigenvalue weighted by Crippen LogP contribution is -2.26. The van der Waals surface area contributed by atoms with Crippen LogP contribution in [0.4, 0.5) is 0 Å². The Morgan fingerprint density at radius 1 is 2.00 bits per heavy atom. The number of rotatable bonds is 2. The van der Waals surface area contributed by atoms with Crippen LogP contribution in [0.1, 0.15) is 0 Å². The number of carboxylic acids is 1. The topological polar surface area (TPSA) is 49.4 Å². The second kappa shape index (κ2) is 2.66. The lowest BCUT2D eigenvalue weighted by atomic mass is 10.8. The van der Waals surface area contributed by atoms with Crippen molar-refractivity contribution in [1.29, 1.82) is 0 Å². The van der Waals surface area contributed by atoms with E-state index in [4.69, 9.17) is 0 Å². The molecule has 0 saturated heterocycles. The SMILES string of the molecule is [CH2-]OCC(=O)[O-]. The molecule has 0 amide bonds. The lowest BCUT2D eigenvalue weighted by Gasteiger charge is -2.01. The molecule has 0 unspecified atom stereocenters. The fourth-order valence-corrected chi connectivity index (χ4v) is 0.0833. The van der Waals surface area contributed by atoms with Crippen molar-refractivity contribution in [2.75, 3.05) is 6.61 Å². The van der Waals surface area contributed by atoms with Gasteiger partial charge in [0, 0.05) is 0 Å². The maximum Gasteiger partial charge on any atom is 0.0642 e. The third-order valence-electron chi connectivity index (χ3n) is 0.220. The molecule has 0 aromatic carbocycles. The standard InChI is InChI=1S/C3H5O3/c1-6-2-3(4)5/h1-2H2,(H,4,5)/q-1/p-1. The van der Waals surface area contributed by atoms with Crippen LogP contribution in [0.25, 0.3) is 0 Å². The number of hydrogen-bond acceptors (Lipinski definition) is 3. The van der Waals surface area contributed by atoms with Gasteiger partial charge >= 0.3 is 0 Å². The van der Waals surface area contributed by atoms with Gasteiger partial charge in [0.25, 0.3) is 0 Å². The van der Waals surface area contributed by atoms with Crippen LogP contribution in [0, 0.1) is 7.11 Å². The minimum atomic E-state index is -1.25. The first kappa shape index (κ1) is 5.43. The molecule has 0 aromatic heterocycles. The van der Waals surface area contributed by atoms with Gasteiger partial charge in [0.15, 0.2) is 0 Å². The van der Waals surface area contributed by atoms with Gasteiger partial charge in [0.1, 0.15) is 0 Å². The fraction of sp³-hybridized carbons (Fsp3) is 0.333. The largest absolute Gasteiger partial charge is 0.551 e. The summed E-state index contributed by atoms with van der Waals surface area (Å²) in [6.07, 6.45) is 0. The summed E-state index contributed by atoms with van der Waals surface area (Å²) in [4.78, 5) is 9.32. The number of aliphatic carboxylic acids is 1. The highest BCUT2D eigenvalue weighted by atomic mass is 16.5. The average Bonchev–Trinajstić information content (AvgIpc) is 1.35. The first-order valence-corrected chi connectivity index (χ1v) is 1.34. The second-order valence-corrected chi connectivity index (χ2v) is 0.720. The van der Waals surface area contributed by atoms with Crippen molar-refractivity contribution >= 4 is 5.97 Å². The third kappa shape index (κ3) is 3.43. The molecule has 0 aliphatic carbocycles. The maximum atomic E-state index is 9.32. The van der Waals surface area contributed by atoms with Crippen LogP contribution in [0.15, 0.2) is 0 Å². The van der Waals surface area contributed by atoms with Gasteiger partial charge in [-0.2, -0.15) is 0 Å². The Labute approximate surface area is 35.5 Å².